The third-order valence-corrected chi connectivity index (χ3v) is 4.81. The van der Waals surface area contributed by atoms with Crippen molar-refractivity contribution in [2.75, 3.05) is 32.7 Å². The number of aliphatic hydroxyl groups excluding tert-OH is 1. The first-order valence-electron chi connectivity index (χ1n) is 8.14. The summed E-state index contributed by atoms with van der Waals surface area (Å²) in [5, 5.41) is 12.8. The topological polar surface area (TPSA) is 55.8 Å². The van der Waals surface area contributed by atoms with Crippen molar-refractivity contribution in [1.29, 1.82) is 0 Å². The number of hydrogen-bond donors (Lipinski definition) is 2. The number of likely N-dealkylation sites (tertiary alicyclic amines) is 2. The van der Waals surface area contributed by atoms with Crippen LogP contribution in [-0.4, -0.2) is 71.7 Å². The van der Waals surface area contributed by atoms with Crippen molar-refractivity contribution in [1.82, 2.24) is 15.1 Å². The van der Waals surface area contributed by atoms with Gasteiger partial charge in [0.25, 0.3) is 0 Å². The molecule has 3 rings (SSSR count). The molecule has 3 fully saturated rings. The Morgan fingerprint density at radius 1 is 1.10 bits per heavy atom. The minimum Gasteiger partial charge on any atom is -0.392 e. The van der Waals surface area contributed by atoms with E-state index in [0.717, 1.165) is 51.4 Å². The number of rotatable bonds is 4. The first-order valence-corrected chi connectivity index (χ1v) is 8.14. The lowest BCUT2D eigenvalue weighted by Gasteiger charge is -2.33. The van der Waals surface area contributed by atoms with Gasteiger partial charge in [-0.3, -0.25) is 9.69 Å². The number of nitrogens with one attached hydrogen (secondary N) is 1. The van der Waals surface area contributed by atoms with Gasteiger partial charge in [-0.25, -0.2) is 0 Å². The molecule has 2 saturated heterocycles. The molecule has 0 aromatic heterocycles. The molecular weight excluding hydrogens is 254 g/mol. The van der Waals surface area contributed by atoms with E-state index in [1.807, 2.05) is 0 Å². The molecular formula is C15H27N3O2. The summed E-state index contributed by atoms with van der Waals surface area (Å²) < 4.78 is 0. The van der Waals surface area contributed by atoms with Crippen LogP contribution in [0.15, 0.2) is 0 Å². The Morgan fingerprint density at radius 3 is 2.50 bits per heavy atom. The molecule has 0 bridgehead atoms. The van der Waals surface area contributed by atoms with Gasteiger partial charge in [0.2, 0.25) is 5.91 Å². The second-order valence-electron chi connectivity index (χ2n) is 6.64. The number of hydrogen-bond acceptors (Lipinski definition) is 4. The van der Waals surface area contributed by atoms with Gasteiger partial charge < -0.3 is 15.3 Å². The molecule has 3 aliphatic rings. The largest absolute Gasteiger partial charge is 0.392 e. The lowest BCUT2D eigenvalue weighted by Crippen LogP contribution is -2.49. The second kappa shape index (κ2) is 6.41. The van der Waals surface area contributed by atoms with Gasteiger partial charge in [0, 0.05) is 31.7 Å². The minimum absolute atomic E-state index is 0.129. The minimum atomic E-state index is -0.252. The van der Waals surface area contributed by atoms with Crippen molar-refractivity contribution in [3.8, 4) is 0 Å². The van der Waals surface area contributed by atoms with Crippen LogP contribution >= 0.6 is 0 Å². The normalized spacial score (nSPS) is 30.4. The molecule has 0 spiro atoms. The molecule has 0 aromatic rings. The highest BCUT2D eigenvalue weighted by molar-refractivity contribution is 5.78. The van der Waals surface area contributed by atoms with Gasteiger partial charge in [-0.1, -0.05) is 0 Å². The molecule has 2 heterocycles. The monoisotopic (exact) mass is 281 g/mol. The molecule has 20 heavy (non-hydrogen) atoms. The maximum absolute atomic E-state index is 12.1. The van der Waals surface area contributed by atoms with E-state index in [1.165, 1.54) is 12.8 Å². The molecule has 5 nitrogen and oxygen atoms in total. The first kappa shape index (κ1) is 14.3. The Labute approximate surface area is 121 Å². The summed E-state index contributed by atoms with van der Waals surface area (Å²) >= 11 is 0. The van der Waals surface area contributed by atoms with Crippen LogP contribution in [-0.2, 0) is 4.79 Å². The molecule has 1 amide bonds. The van der Waals surface area contributed by atoms with Crippen LogP contribution in [0.4, 0.5) is 0 Å². The molecule has 1 aliphatic carbocycles. The molecule has 2 N–H and O–H groups in total. The molecule has 114 valence electrons. The summed E-state index contributed by atoms with van der Waals surface area (Å²) in [6.07, 6.45) is 6.53. The fourth-order valence-electron chi connectivity index (χ4n) is 3.50. The Balaban J connectivity index is 1.36. The zero-order chi connectivity index (χ0) is 13.9. The van der Waals surface area contributed by atoms with Crippen molar-refractivity contribution in [2.45, 2.75) is 56.7 Å². The number of piperidine rings is 2. The Bertz CT molecular complexity index is 338. The van der Waals surface area contributed by atoms with Gasteiger partial charge in [-0.15, -0.1) is 0 Å². The van der Waals surface area contributed by atoms with Gasteiger partial charge in [0.1, 0.15) is 0 Å². The van der Waals surface area contributed by atoms with Crippen molar-refractivity contribution in [3.05, 3.63) is 0 Å². The standard InChI is InChI=1S/C15H27N3O2/c19-14-2-1-7-17(10-14)11-15(20)16-12-5-8-18(9-6-12)13-3-4-13/h12-14,19H,1-11H2,(H,16,20). The Morgan fingerprint density at radius 2 is 1.85 bits per heavy atom. The van der Waals surface area contributed by atoms with Gasteiger partial charge in [0.05, 0.1) is 12.6 Å². The predicted molar refractivity (Wildman–Crippen MR) is 77.4 cm³/mol. The quantitative estimate of drug-likeness (QED) is 0.772. The van der Waals surface area contributed by atoms with Crippen LogP contribution in [0.1, 0.15) is 38.5 Å². The predicted octanol–water partition coefficient (Wildman–Crippen LogP) is 0.186. The zero-order valence-corrected chi connectivity index (χ0v) is 12.3. The van der Waals surface area contributed by atoms with E-state index >= 15 is 0 Å². The summed E-state index contributed by atoms with van der Waals surface area (Å²) in [4.78, 5) is 16.7. The first-order chi connectivity index (χ1) is 9.70. The fraction of sp³-hybridized carbons (Fsp3) is 0.933. The third kappa shape index (κ3) is 3.93. The van der Waals surface area contributed by atoms with E-state index in [4.69, 9.17) is 0 Å². The van der Waals surface area contributed by atoms with Crippen LogP contribution in [0.2, 0.25) is 0 Å². The van der Waals surface area contributed by atoms with Gasteiger partial charge >= 0.3 is 0 Å². The molecule has 5 heteroatoms. The second-order valence-corrected chi connectivity index (χ2v) is 6.64. The average Bonchev–Trinajstić information content (AvgIpc) is 3.24. The maximum atomic E-state index is 12.1. The smallest absolute Gasteiger partial charge is 0.234 e. The van der Waals surface area contributed by atoms with Gasteiger partial charge in [-0.2, -0.15) is 0 Å². The highest BCUT2D eigenvalue weighted by Crippen LogP contribution is 2.29. The van der Waals surface area contributed by atoms with Crippen LogP contribution in [0.3, 0.4) is 0 Å². The van der Waals surface area contributed by atoms with Crippen molar-refractivity contribution in [3.63, 3.8) is 0 Å². The van der Waals surface area contributed by atoms with Crippen molar-refractivity contribution < 1.29 is 9.90 Å². The molecule has 1 unspecified atom stereocenters. The summed E-state index contributed by atoms with van der Waals surface area (Å²) in [5.74, 6) is 0.129. The van der Waals surface area contributed by atoms with Crippen LogP contribution in [0, 0.1) is 0 Å². The summed E-state index contributed by atoms with van der Waals surface area (Å²) in [6.45, 7) is 4.30. The average molecular weight is 281 g/mol. The van der Waals surface area contributed by atoms with Crippen LogP contribution in [0.25, 0.3) is 0 Å². The molecule has 1 saturated carbocycles. The van der Waals surface area contributed by atoms with Crippen molar-refractivity contribution in [2.24, 2.45) is 0 Å². The van der Waals surface area contributed by atoms with E-state index in [9.17, 15) is 9.90 Å². The number of carbonyl (C=O) groups excluding carboxylic acids is 1. The maximum Gasteiger partial charge on any atom is 0.234 e. The SMILES string of the molecule is O=C(CN1CCCC(O)C1)NC1CCN(C2CC2)CC1. The molecule has 2 aliphatic heterocycles. The van der Waals surface area contributed by atoms with E-state index in [1.54, 1.807) is 0 Å². The number of amides is 1. The molecule has 0 aromatic carbocycles. The zero-order valence-electron chi connectivity index (χ0n) is 12.3. The van der Waals surface area contributed by atoms with E-state index in [0.29, 0.717) is 19.1 Å². The van der Waals surface area contributed by atoms with E-state index in [2.05, 4.69) is 15.1 Å². The number of nitrogens with zero attached hydrogens (tertiary/aromatic N) is 2. The number of carbonyl (C=O) groups is 1. The number of aliphatic hydroxyl groups is 1. The van der Waals surface area contributed by atoms with Gasteiger partial charge in [0.15, 0.2) is 0 Å². The van der Waals surface area contributed by atoms with E-state index in [-0.39, 0.29) is 12.0 Å². The highest BCUT2D eigenvalue weighted by Gasteiger charge is 2.32. The Hall–Kier alpha value is -0.650. The summed E-state index contributed by atoms with van der Waals surface area (Å²) in [6, 6.07) is 1.20. The molecule has 1 atom stereocenters. The highest BCUT2D eigenvalue weighted by atomic mass is 16.3. The summed E-state index contributed by atoms with van der Waals surface area (Å²) in [7, 11) is 0. The molecule has 0 radical (unpaired) electrons. The fourth-order valence-corrected chi connectivity index (χ4v) is 3.50. The lowest BCUT2D eigenvalue weighted by atomic mass is 10.0. The summed E-state index contributed by atoms with van der Waals surface area (Å²) in [5.41, 5.74) is 0. The third-order valence-electron chi connectivity index (χ3n) is 4.81. The van der Waals surface area contributed by atoms with Gasteiger partial charge in [-0.05, 0) is 45.1 Å². The van der Waals surface area contributed by atoms with Crippen LogP contribution in [0.5, 0.6) is 0 Å². The lowest BCUT2D eigenvalue weighted by molar-refractivity contribution is -0.123. The number of β-amino-alcohol motifs (C(OH)–C–C–N with tert-alkyl or cyclic N) is 1. The van der Waals surface area contributed by atoms with Crippen LogP contribution < -0.4 is 5.32 Å². The van der Waals surface area contributed by atoms with E-state index < -0.39 is 0 Å². The Kier molecular flexibility index (Phi) is 4.58. The van der Waals surface area contributed by atoms with Crippen molar-refractivity contribution >= 4 is 5.91 Å².